The summed E-state index contributed by atoms with van der Waals surface area (Å²) >= 11 is 1.34. The molecular formula is C18H16FNO3S. The van der Waals surface area contributed by atoms with E-state index in [1.54, 1.807) is 25.3 Å². The van der Waals surface area contributed by atoms with Crippen LogP contribution >= 0.6 is 11.3 Å². The Bertz CT molecular complexity index is 862. The number of methoxy groups -OCH3 is 1. The molecule has 0 unspecified atom stereocenters. The molecule has 1 N–H and O–H groups in total. The van der Waals surface area contributed by atoms with Gasteiger partial charge in [0.1, 0.15) is 23.9 Å². The first kappa shape index (κ1) is 16.3. The summed E-state index contributed by atoms with van der Waals surface area (Å²) in [6.07, 6.45) is 0. The molecule has 0 saturated heterocycles. The van der Waals surface area contributed by atoms with Gasteiger partial charge in [-0.15, -0.1) is 11.3 Å². The Morgan fingerprint density at radius 1 is 1.17 bits per heavy atom. The summed E-state index contributed by atoms with van der Waals surface area (Å²) in [4.78, 5) is 12.7. The maximum atomic E-state index is 13.2. The van der Waals surface area contributed by atoms with Crippen molar-refractivity contribution in [2.45, 2.75) is 0 Å². The molecule has 0 saturated carbocycles. The van der Waals surface area contributed by atoms with Crippen LogP contribution in [0.25, 0.3) is 10.1 Å². The number of fused-ring (bicyclic) bond motifs is 1. The van der Waals surface area contributed by atoms with Crippen LogP contribution in [0.1, 0.15) is 9.67 Å². The van der Waals surface area contributed by atoms with Gasteiger partial charge >= 0.3 is 0 Å². The Labute approximate surface area is 142 Å². The zero-order valence-electron chi connectivity index (χ0n) is 13.0. The highest BCUT2D eigenvalue weighted by Gasteiger charge is 2.10. The van der Waals surface area contributed by atoms with E-state index in [9.17, 15) is 9.18 Å². The van der Waals surface area contributed by atoms with Crippen LogP contribution in [0, 0.1) is 5.82 Å². The summed E-state index contributed by atoms with van der Waals surface area (Å²) in [6, 6.07) is 13.5. The zero-order valence-corrected chi connectivity index (χ0v) is 13.9. The smallest absolute Gasteiger partial charge is 0.261 e. The van der Waals surface area contributed by atoms with Gasteiger partial charge in [0.2, 0.25) is 0 Å². The van der Waals surface area contributed by atoms with E-state index in [0.29, 0.717) is 29.5 Å². The van der Waals surface area contributed by atoms with Crippen LogP contribution in [-0.2, 0) is 0 Å². The number of amides is 1. The molecule has 0 spiro atoms. The fourth-order valence-electron chi connectivity index (χ4n) is 2.24. The van der Waals surface area contributed by atoms with Crippen molar-refractivity contribution in [1.82, 2.24) is 5.32 Å². The first-order valence-corrected chi connectivity index (χ1v) is 8.21. The number of rotatable bonds is 6. The molecule has 124 valence electrons. The minimum atomic E-state index is -0.307. The fourth-order valence-corrected chi connectivity index (χ4v) is 3.20. The molecule has 3 rings (SSSR count). The van der Waals surface area contributed by atoms with Crippen LogP contribution in [0.4, 0.5) is 4.39 Å². The van der Waals surface area contributed by atoms with Crippen LogP contribution in [0.15, 0.2) is 48.5 Å². The van der Waals surface area contributed by atoms with E-state index < -0.39 is 0 Å². The van der Waals surface area contributed by atoms with Crippen LogP contribution in [-0.4, -0.2) is 26.2 Å². The first-order chi connectivity index (χ1) is 11.7. The maximum absolute atomic E-state index is 13.2. The third-order valence-corrected chi connectivity index (χ3v) is 4.51. The van der Waals surface area contributed by atoms with Gasteiger partial charge in [-0.1, -0.05) is 6.07 Å². The van der Waals surface area contributed by atoms with Gasteiger partial charge in [-0.05, 0) is 41.8 Å². The molecule has 6 heteroatoms. The van der Waals surface area contributed by atoms with Gasteiger partial charge in [0, 0.05) is 10.8 Å². The van der Waals surface area contributed by atoms with Gasteiger partial charge < -0.3 is 14.8 Å². The monoisotopic (exact) mass is 345 g/mol. The molecule has 0 aliphatic rings. The van der Waals surface area contributed by atoms with E-state index in [1.165, 1.54) is 23.5 Å². The number of thiophene rings is 1. The minimum absolute atomic E-state index is 0.189. The number of ether oxygens (including phenoxy) is 2. The maximum Gasteiger partial charge on any atom is 0.261 e. The van der Waals surface area contributed by atoms with Gasteiger partial charge in [0.05, 0.1) is 18.5 Å². The summed E-state index contributed by atoms with van der Waals surface area (Å²) in [5.74, 6) is 0.903. The Hall–Kier alpha value is -2.60. The van der Waals surface area contributed by atoms with Gasteiger partial charge in [0.25, 0.3) is 5.91 Å². The van der Waals surface area contributed by atoms with Crippen LogP contribution in [0.5, 0.6) is 11.5 Å². The molecule has 0 radical (unpaired) electrons. The molecule has 3 aromatic rings. The van der Waals surface area contributed by atoms with Gasteiger partial charge in [-0.25, -0.2) is 4.39 Å². The molecule has 1 aromatic heterocycles. The highest BCUT2D eigenvalue weighted by atomic mass is 32.1. The van der Waals surface area contributed by atoms with E-state index in [1.807, 2.05) is 18.2 Å². The molecule has 1 heterocycles. The molecule has 4 nitrogen and oxygen atoms in total. The number of carbonyl (C=O) groups is 1. The number of halogens is 1. The van der Waals surface area contributed by atoms with Crippen molar-refractivity contribution in [1.29, 1.82) is 0 Å². The second-order valence-corrected chi connectivity index (χ2v) is 6.16. The van der Waals surface area contributed by atoms with Crippen molar-refractivity contribution in [2.24, 2.45) is 0 Å². The second kappa shape index (κ2) is 7.31. The number of benzene rings is 2. The van der Waals surface area contributed by atoms with E-state index in [2.05, 4.69) is 5.32 Å². The van der Waals surface area contributed by atoms with Crippen molar-refractivity contribution < 1.29 is 18.7 Å². The molecule has 24 heavy (non-hydrogen) atoms. The number of carbonyl (C=O) groups excluding carboxylic acids is 1. The topological polar surface area (TPSA) is 47.6 Å². The molecule has 0 aliphatic heterocycles. The Kier molecular flexibility index (Phi) is 4.96. The van der Waals surface area contributed by atoms with E-state index in [-0.39, 0.29) is 11.7 Å². The third-order valence-electron chi connectivity index (χ3n) is 3.40. The highest BCUT2D eigenvalue weighted by molar-refractivity contribution is 7.20. The summed E-state index contributed by atoms with van der Waals surface area (Å²) in [6.45, 7) is 0.719. The van der Waals surface area contributed by atoms with Crippen LogP contribution in [0.2, 0.25) is 0 Å². The SMILES string of the molecule is COc1cccc(OCCNC(=O)c2cc3cc(F)ccc3s2)c1. The Morgan fingerprint density at radius 3 is 2.83 bits per heavy atom. The van der Waals surface area contributed by atoms with Crippen molar-refractivity contribution in [3.63, 3.8) is 0 Å². The van der Waals surface area contributed by atoms with Gasteiger partial charge in [-0.3, -0.25) is 4.79 Å². The summed E-state index contributed by atoms with van der Waals surface area (Å²) < 4.78 is 24.8. The lowest BCUT2D eigenvalue weighted by molar-refractivity contribution is 0.0951. The summed E-state index contributed by atoms with van der Waals surface area (Å²) in [5.41, 5.74) is 0. The second-order valence-electron chi connectivity index (χ2n) is 5.08. The largest absolute Gasteiger partial charge is 0.497 e. The van der Waals surface area contributed by atoms with Crippen molar-refractivity contribution in [3.8, 4) is 11.5 Å². The van der Waals surface area contributed by atoms with Crippen LogP contribution in [0.3, 0.4) is 0 Å². The first-order valence-electron chi connectivity index (χ1n) is 7.40. The van der Waals surface area contributed by atoms with E-state index in [0.717, 1.165) is 10.1 Å². The molecule has 0 aliphatic carbocycles. The normalized spacial score (nSPS) is 10.6. The molecule has 1 amide bonds. The molecule has 0 fully saturated rings. The average molecular weight is 345 g/mol. The van der Waals surface area contributed by atoms with Crippen molar-refractivity contribution in [2.75, 3.05) is 20.3 Å². The fraction of sp³-hybridized carbons (Fsp3) is 0.167. The summed E-state index contributed by atoms with van der Waals surface area (Å²) in [5, 5.41) is 3.53. The molecule has 2 aromatic carbocycles. The number of hydrogen-bond donors (Lipinski definition) is 1. The Morgan fingerprint density at radius 2 is 2.00 bits per heavy atom. The molecular weight excluding hydrogens is 329 g/mol. The minimum Gasteiger partial charge on any atom is -0.497 e. The van der Waals surface area contributed by atoms with Gasteiger partial charge in [-0.2, -0.15) is 0 Å². The molecule has 0 atom stereocenters. The zero-order chi connectivity index (χ0) is 16.9. The van der Waals surface area contributed by atoms with E-state index in [4.69, 9.17) is 9.47 Å². The quantitative estimate of drug-likeness (QED) is 0.690. The van der Waals surface area contributed by atoms with Crippen molar-refractivity contribution in [3.05, 3.63) is 59.2 Å². The lowest BCUT2D eigenvalue weighted by Gasteiger charge is -2.08. The van der Waals surface area contributed by atoms with E-state index >= 15 is 0 Å². The van der Waals surface area contributed by atoms with Gasteiger partial charge in [0.15, 0.2) is 0 Å². The number of nitrogens with one attached hydrogen (secondary N) is 1. The standard InChI is InChI=1S/C18H16FNO3S/c1-22-14-3-2-4-15(11-14)23-8-7-20-18(21)17-10-12-9-13(19)5-6-16(12)24-17/h2-6,9-11H,7-8H2,1H3,(H,20,21). The third kappa shape index (κ3) is 3.83. The van der Waals surface area contributed by atoms with Crippen LogP contribution < -0.4 is 14.8 Å². The predicted octanol–water partition coefficient (Wildman–Crippen LogP) is 3.86. The lowest BCUT2D eigenvalue weighted by Crippen LogP contribution is -2.27. The molecule has 0 bridgehead atoms. The predicted molar refractivity (Wildman–Crippen MR) is 92.6 cm³/mol. The Balaban J connectivity index is 1.53. The number of hydrogen-bond acceptors (Lipinski definition) is 4. The average Bonchev–Trinajstić information content (AvgIpc) is 3.02. The summed E-state index contributed by atoms with van der Waals surface area (Å²) in [7, 11) is 1.59. The lowest BCUT2D eigenvalue weighted by atomic mass is 10.2. The highest BCUT2D eigenvalue weighted by Crippen LogP contribution is 2.26. The van der Waals surface area contributed by atoms with Crippen molar-refractivity contribution >= 4 is 27.3 Å².